The van der Waals surface area contributed by atoms with Crippen LogP contribution in [0.15, 0.2) is 35.3 Å². The summed E-state index contributed by atoms with van der Waals surface area (Å²) in [6.45, 7) is 8.87. The van der Waals surface area contributed by atoms with E-state index in [1.165, 1.54) is 25.8 Å². The van der Waals surface area contributed by atoms with Crippen molar-refractivity contribution in [1.82, 2.24) is 15.5 Å². The van der Waals surface area contributed by atoms with E-state index in [0.717, 1.165) is 37.6 Å². The molecule has 2 rings (SSSR count). The van der Waals surface area contributed by atoms with Crippen molar-refractivity contribution in [3.8, 4) is 0 Å². The van der Waals surface area contributed by atoms with Crippen molar-refractivity contribution < 1.29 is 8.42 Å². The molecule has 0 spiro atoms. The molecule has 1 aliphatic heterocycles. The molecule has 6 nitrogen and oxygen atoms in total. The molecule has 0 radical (unpaired) electrons. The number of guanidine groups is 1. The van der Waals surface area contributed by atoms with E-state index >= 15 is 0 Å². The number of halogens is 1. The minimum absolute atomic E-state index is 0. The van der Waals surface area contributed by atoms with Gasteiger partial charge in [-0.1, -0.05) is 36.8 Å². The average molecular weight is 551 g/mol. The first-order valence-electron chi connectivity index (χ1n) is 11.0. The number of aliphatic imine (C=N–C) groups is 1. The number of nitrogens with one attached hydrogen (secondary N) is 2. The zero-order chi connectivity index (χ0) is 21.0. The van der Waals surface area contributed by atoms with E-state index in [0.29, 0.717) is 19.0 Å². The van der Waals surface area contributed by atoms with E-state index in [1.54, 1.807) is 0 Å². The van der Waals surface area contributed by atoms with Gasteiger partial charge < -0.3 is 15.5 Å². The maximum absolute atomic E-state index is 12.3. The van der Waals surface area contributed by atoms with Crippen LogP contribution < -0.4 is 10.6 Å². The normalized spacial score (nSPS) is 17.9. The molecule has 1 unspecified atom stereocenters. The highest BCUT2D eigenvalue weighted by molar-refractivity contribution is 14.0. The van der Waals surface area contributed by atoms with Gasteiger partial charge in [-0.3, -0.25) is 4.99 Å². The van der Waals surface area contributed by atoms with Gasteiger partial charge in [0.05, 0.1) is 11.5 Å². The quantitative estimate of drug-likeness (QED) is 0.191. The van der Waals surface area contributed by atoms with E-state index < -0.39 is 9.84 Å². The van der Waals surface area contributed by atoms with Gasteiger partial charge in [-0.25, -0.2) is 8.42 Å². The molecule has 0 aromatic heterocycles. The molecule has 1 aromatic rings. The topological polar surface area (TPSA) is 73.8 Å². The van der Waals surface area contributed by atoms with E-state index in [2.05, 4.69) is 27.4 Å². The van der Waals surface area contributed by atoms with Crippen LogP contribution >= 0.6 is 24.0 Å². The number of benzene rings is 1. The minimum Gasteiger partial charge on any atom is -0.357 e. The van der Waals surface area contributed by atoms with Crippen LogP contribution in [0.3, 0.4) is 0 Å². The van der Waals surface area contributed by atoms with E-state index in [-0.39, 0.29) is 35.5 Å². The second-order valence-electron chi connectivity index (χ2n) is 7.85. The van der Waals surface area contributed by atoms with Crippen LogP contribution in [0.1, 0.15) is 51.5 Å². The molecule has 0 saturated carbocycles. The van der Waals surface area contributed by atoms with Gasteiger partial charge in [-0.15, -0.1) is 24.0 Å². The number of likely N-dealkylation sites (tertiary alicyclic amines) is 1. The molecule has 0 amide bonds. The Labute approximate surface area is 200 Å². The predicted octanol–water partition coefficient (Wildman–Crippen LogP) is 3.43. The molecule has 1 saturated heterocycles. The molecule has 1 atom stereocenters. The first-order valence-corrected chi connectivity index (χ1v) is 12.8. The molecule has 172 valence electrons. The Morgan fingerprint density at radius 1 is 1.17 bits per heavy atom. The lowest BCUT2D eigenvalue weighted by Crippen LogP contribution is -2.41. The number of hydrogen-bond acceptors (Lipinski definition) is 4. The first-order chi connectivity index (χ1) is 14.0. The second-order valence-corrected chi connectivity index (χ2v) is 10.0. The van der Waals surface area contributed by atoms with Crippen molar-refractivity contribution in [3.63, 3.8) is 0 Å². The lowest BCUT2D eigenvalue weighted by atomic mass is 10.0. The Hall–Kier alpha value is -0.870. The largest absolute Gasteiger partial charge is 0.357 e. The summed E-state index contributed by atoms with van der Waals surface area (Å²) in [4.78, 5) is 7.12. The van der Waals surface area contributed by atoms with Gasteiger partial charge in [0.2, 0.25) is 0 Å². The third-order valence-electron chi connectivity index (χ3n) is 5.31. The number of piperidine rings is 1. The number of nitrogens with zero attached hydrogens (tertiary/aromatic N) is 2. The molecular formula is C22H39IN4O2S. The minimum atomic E-state index is -3.10. The fraction of sp³-hybridized carbons (Fsp3) is 0.682. The number of rotatable bonds is 11. The second kappa shape index (κ2) is 15.0. The lowest BCUT2D eigenvalue weighted by molar-refractivity contribution is 0.159. The molecule has 0 aliphatic carbocycles. The van der Waals surface area contributed by atoms with E-state index in [9.17, 15) is 8.42 Å². The average Bonchev–Trinajstić information content (AvgIpc) is 2.70. The van der Waals surface area contributed by atoms with Crippen molar-refractivity contribution in [1.29, 1.82) is 0 Å². The van der Waals surface area contributed by atoms with Gasteiger partial charge in [-0.05, 0) is 51.6 Å². The zero-order valence-corrected chi connectivity index (χ0v) is 21.6. The SMILES string of the molecule is CCNC(=NCCCS(=O)(=O)Cc1ccccc1)NCCCN1CCCCC1C.I. The molecule has 1 heterocycles. The lowest BCUT2D eigenvalue weighted by Gasteiger charge is -2.33. The van der Waals surface area contributed by atoms with Crippen LogP contribution in [0.4, 0.5) is 0 Å². The summed E-state index contributed by atoms with van der Waals surface area (Å²) in [6, 6.07) is 10.0. The third-order valence-corrected chi connectivity index (χ3v) is 7.00. The maximum Gasteiger partial charge on any atom is 0.191 e. The van der Waals surface area contributed by atoms with Crippen LogP contribution in [-0.2, 0) is 15.6 Å². The fourth-order valence-electron chi connectivity index (χ4n) is 3.70. The van der Waals surface area contributed by atoms with Crippen molar-refractivity contribution in [2.24, 2.45) is 4.99 Å². The van der Waals surface area contributed by atoms with E-state index in [4.69, 9.17) is 0 Å². The van der Waals surface area contributed by atoms with Crippen LogP contribution in [-0.4, -0.2) is 63.8 Å². The summed E-state index contributed by atoms with van der Waals surface area (Å²) in [5.74, 6) is 1.04. The summed E-state index contributed by atoms with van der Waals surface area (Å²) in [5.41, 5.74) is 0.842. The van der Waals surface area contributed by atoms with Gasteiger partial charge in [0.15, 0.2) is 15.8 Å². The van der Waals surface area contributed by atoms with Crippen molar-refractivity contribution in [2.45, 2.75) is 57.7 Å². The molecule has 8 heteroatoms. The summed E-state index contributed by atoms with van der Waals surface area (Å²) in [5, 5.41) is 6.62. The summed E-state index contributed by atoms with van der Waals surface area (Å²) >= 11 is 0. The predicted molar refractivity (Wildman–Crippen MR) is 137 cm³/mol. The van der Waals surface area contributed by atoms with Gasteiger partial charge >= 0.3 is 0 Å². The van der Waals surface area contributed by atoms with Gasteiger partial charge in [0, 0.05) is 32.2 Å². The van der Waals surface area contributed by atoms with Crippen molar-refractivity contribution >= 4 is 39.8 Å². The summed E-state index contributed by atoms with van der Waals surface area (Å²) < 4.78 is 24.5. The fourth-order valence-corrected chi connectivity index (χ4v) is 5.11. The van der Waals surface area contributed by atoms with Gasteiger partial charge in [0.1, 0.15) is 0 Å². The number of sulfone groups is 1. The highest BCUT2D eigenvalue weighted by Crippen LogP contribution is 2.16. The standard InChI is InChI=1S/C22H38N4O2S.HI/c1-3-23-22(24-14-9-17-26-16-8-7-11-20(26)2)25-15-10-18-29(27,28)19-21-12-5-4-6-13-21;/h4-6,12-13,20H,3,7-11,14-19H2,1-2H3,(H2,23,24,25);1H. The smallest absolute Gasteiger partial charge is 0.191 e. The Morgan fingerprint density at radius 3 is 2.63 bits per heavy atom. The molecule has 30 heavy (non-hydrogen) atoms. The Bertz CT molecular complexity index is 713. The van der Waals surface area contributed by atoms with Crippen LogP contribution in [0.25, 0.3) is 0 Å². The third kappa shape index (κ3) is 10.9. The Kier molecular flexibility index (Phi) is 13.6. The zero-order valence-electron chi connectivity index (χ0n) is 18.5. The van der Waals surface area contributed by atoms with Crippen LogP contribution in [0.2, 0.25) is 0 Å². The number of hydrogen-bond donors (Lipinski definition) is 2. The van der Waals surface area contributed by atoms with Gasteiger partial charge in [-0.2, -0.15) is 0 Å². The molecule has 1 fully saturated rings. The Balaban J connectivity index is 0.00000450. The monoisotopic (exact) mass is 550 g/mol. The molecular weight excluding hydrogens is 511 g/mol. The maximum atomic E-state index is 12.3. The van der Waals surface area contributed by atoms with Gasteiger partial charge in [0.25, 0.3) is 0 Å². The van der Waals surface area contributed by atoms with Crippen molar-refractivity contribution in [3.05, 3.63) is 35.9 Å². The molecule has 1 aromatic carbocycles. The molecule has 0 bridgehead atoms. The molecule has 2 N–H and O–H groups in total. The Morgan fingerprint density at radius 2 is 1.93 bits per heavy atom. The molecule has 1 aliphatic rings. The van der Waals surface area contributed by atoms with Crippen molar-refractivity contribution in [2.75, 3.05) is 38.5 Å². The highest BCUT2D eigenvalue weighted by atomic mass is 127. The highest BCUT2D eigenvalue weighted by Gasteiger charge is 2.17. The summed E-state index contributed by atoms with van der Waals surface area (Å²) in [7, 11) is -3.10. The summed E-state index contributed by atoms with van der Waals surface area (Å²) in [6.07, 6.45) is 5.60. The van der Waals surface area contributed by atoms with E-state index in [1.807, 2.05) is 37.3 Å². The first kappa shape index (κ1) is 27.2. The van der Waals surface area contributed by atoms with Crippen LogP contribution in [0, 0.1) is 0 Å². The van der Waals surface area contributed by atoms with Crippen LogP contribution in [0.5, 0.6) is 0 Å².